The summed E-state index contributed by atoms with van der Waals surface area (Å²) in [5, 5.41) is 52.3. The van der Waals surface area contributed by atoms with Gasteiger partial charge in [-0.05, 0) is 170 Å². The number of aromatic hydroxyl groups is 4. The molecule has 0 aromatic heterocycles. The highest BCUT2D eigenvalue weighted by atomic mass is 16.3. The number of benzene rings is 4. The Kier molecular flexibility index (Phi) is 44.0. The summed E-state index contributed by atoms with van der Waals surface area (Å²) in [5.74, 6) is 1.07. The lowest BCUT2D eigenvalue weighted by atomic mass is 9.88. The van der Waals surface area contributed by atoms with E-state index in [9.17, 15) is 20.4 Å². The fraction of sp³-hybridized carbons (Fsp3) is 0.727. The SMILES string of the molecule is CCCCCCCN(CCCCCCC)Cc1cc2c(O)c(c1)Cc1cc(CN(CCCCCCC)CCCCCCC)cc(c1O)Cc1cc(CN(CCCCCCC)CCCCCCC)cc(c1O)Cc1cc(CN(CCCCCCC)CCCCCCC)cc(c1O)C2. The van der Waals surface area contributed by atoms with Crippen LogP contribution in [0, 0.1) is 0 Å². The largest absolute Gasteiger partial charge is 0.507 e. The quantitative estimate of drug-likeness (QED) is 0.0286. The standard InChI is InChI=1S/C88H148N4O4/c1-9-17-25-33-41-49-89(50-42-34-26-18-10-2)69-73-57-77-65-79-59-74(70-90(51-43-35-27-19-11-3)52-44-36-28-20-12-4)61-81(86(79)94)67-83-63-76(72-92(55-47-39-31-23-15-7)56-48-40-32-24-16-8)64-84(88(83)96)68-82-62-75(60-80(87(82)95)66-78(58-73)85(77)93)71-91(53-45-37-29-21-13-5)54-46-38-30-22-14-6/h57-64,93-96H,9-56,65-72H2,1-8H3. The third kappa shape index (κ3) is 32.5. The smallest absolute Gasteiger partial charge is 0.122 e. The van der Waals surface area contributed by atoms with Gasteiger partial charge >= 0.3 is 0 Å². The first kappa shape index (κ1) is 82.6. The maximum atomic E-state index is 13.1. The Hall–Kier alpha value is -4.08. The van der Waals surface area contributed by atoms with Gasteiger partial charge in [0.05, 0.1) is 0 Å². The fourth-order valence-electron chi connectivity index (χ4n) is 15.2. The van der Waals surface area contributed by atoms with Crippen molar-refractivity contribution in [3.63, 3.8) is 0 Å². The summed E-state index contributed by atoms with van der Waals surface area (Å²) in [5.41, 5.74) is 11.4. The number of nitrogens with zero attached hydrogens (tertiary/aromatic N) is 4. The van der Waals surface area contributed by atoms with Crippen LogP contribution in [0.5, 0.6) is 23.0 Å². The van der Waals surface area contributed by atoms with Gasteiger partial charge in [0.25, 0.3) is 0 Å². The first-order valence-electron chi connectivity index (χ1n) is 41.2. The molecule has 5 rings (SSSR count). The Balaban J connectivity index is 1.77. The van der Waals surface area contributed by atoms with Crippen molar-refractivity contribution in [1.29, 1.82) is 0 Å². The minimum Gasteiger partial charge on any atom is -0.507 e. The van der Waals surface area contributed by atoms with Crippen LogP contribution in [-0.4, -0.2) is 92.4 Å². The van der Waals surface area contributed by atoms with E-state index in [1.165, 1.54) is 279 Å². The lowest BCUT2D eigenvalue weighted by molar-refractivity contribution is 0.252. The summed E-state index contributed by atoms with van der Waals surface area (Å²) < 4.78 is 0. The molecule has 1 aliphatic carbocycles. The first-order valence-corrected chi connectivity index (χ1v) is 41.2. The van der Waals surface area contributed by atoms with Gasteiger partial charge in [-0.1, -0.05) is 309 Å². The Bertz CT molecular complexity index is 2140. The van der Waals surface area contributed by atoms with E-state index < -0.39 is 0 Å². The van der Waals surface area contributed by atoms with Gasteiger partial charge in [-0.15, -0.1) is 0 Å². The Morgan fingerprint density at radius 3 is 0.448 bits per heavy atom. The molecule has 0 aliphatic heterocycles. The molecule has 0 radical (unpaired) electrons. The second kappa shape index (κ2) is 51.1. The van der Waals surface area contributed by atoms with E-state index in [1.54, 1.807) is 0 Å². The van der Waals surface area contributed by atoms with Crippen LogP contribution < -0.4 is 0 Å². The van der Waals surface area contributed by atoms with E-state index in [1.807, 2.05) is 0 Å². The summed E-state index contributed by atoms with van der Waals surface area (Å²) in [4.78, 5) is 10.7. The summed E-state index contributed by atoms with van der Waals surface area (Å²) >= 11 is 0. The predicted octanol–water partition coefficient (Wildman–Crippen LogP) is 24.2. The van der Waals surface area contributed by atoms with Gasteiger partial charge in [0.1, 0.15) is 23.0 Å². The van der Waals surface area contributed by atoms with Crippen LogP contribution in [0.15, 0.2) is 48.5 Å². The molecule has 0 atom stereocenters. The molecule has 96 heavy (non-hydrogen) atoms. The maximum Gasteiger partial charge on any atom is 0.122 e. The molecule has 1 aliphatic rings. The lowest BCUT2D eigenvalue weighted by Crippen LogP contribution is -2.26. The minimum absolute atomic E-state index is 0.267. The van der Waals surface area contributed by atoms with Crippen molar-refractivity contribution >= 4 is 0 Å². The van der Waals surface area contributed by atoms with Gasteiger partial charge in [0.2, 0.25) is 0 Å². The zero-order valence-electron chi connectivity index (χ0n) is 63.8. The number of fused-ring (bicyclic) bond motifs is 8. The van der Waals surface area contributed by atoms with Crippen LogP contribution in [0.1, 0.15) is 379 Å². The number of phenolic OH excluding ortho intramolecular Hbond substituents is 4. The predicted molar refractivity (Wildman–Crippen MR) is 415 cm³/mol. The van der Waals surface area contributed by atoms with E-state index in [2.05, 4.69) is 124 Å². The van der Waals surface area contributed by atoms with Crippen LogP contribution >= 0.6 is 0 Å². The van der Waals surface area contributed by atoms with Crippen molar-refractivity contribution in [2.75, 3.05) is 52.4 Å². The summed E-state index contributed by atoms with van der Waals surface area (Å²) in [6, 6.07) is 18.1. The van der Waals surface area contributed by atoms with Crippen molar-refractivity contribution in [3.05, 3.63) is 115 Å². The monoisotopic (exact) mass is 1330 g/mol. The highest BCUT2D eigenvalue weighted by molar-refractivity contribution is 5.57. The first-order chi connectivity index (χ1) is 47.0. The van der Waals surface area contributed by atoms with E-state index in [0.29, 0.717) is 25.7 Å². The Labute approximate surface area is 591 Å². The topological polar surface area (TPSA) is 93.9 Å². The highest BCUT2D eigenvalue weighted by Crippen LogP contribution is 2.40. The number of phenols is 4. The minimum atomic E-state index is 0.267. The van der Waals surface area contributed by atoms with Gasteiger partial charge < -0.3 is 20.4 Å². The van der Waals surface area contributed by atoms with Crippen molar-refractivity contribution in [2.24, 2.45) is 0 Å². The molecule has 4 aromatic rings. The van der Waals surface area contributed by atoms with Crippen molar-refractivity contribution < 1.29 is 20.4 Å². The van der Waals surface area contributed by atoms with E-state index in [4.69, 9.17) is 0 Å². The second-order valence-corrected chi connectivity index (χ2v) is 30.2. The van der Waals surface area contributed by atoms with E-state index in [-0.39, 0.29) is 23.0 Å². The van der Waals surface area contributed by atoms with Crippen LogP contribution in [0.4, 0.5) is 0 Å². The van der Waals surface area contributed by atoms with Gasteiger partial charge in [-0.2, -0.15) is 0 Å². The maximum absolute atomic E-state index is 13.1. The molecule has 0 saturated heterocycles. The van der Waals surface area contributed by atoms with Crippen molar-refractivity contribution in [2.45, 2.75) is 364 Å². The summed E-state index contributed by atoms with van der Waals surface area (Å²) in [6.45, 7) is 30.0. The van der Waals surface area contributed by atoms with E-state index >= 15 is 0 Å². The van der Waals surface area contributed by atoms with Crippen molar-refractivity contribution in [1.82, 2.24) is 19.6 Å². The number of rotatable bonds is 56. The summed E-state index contributed by atoms with van der Waals surface area (Å²) in [7, 11) is 0. The zero-order chi connectivity index (χ0) is 68.8. The van der Waals surface area contributed by atoms with E-state index in [0.717, 1.165) is 123 Å². The molecule has 0 amide bonds. The van der Waals surface area contributed by atoms with Crippen LogP contribution in [0.25, 0.3) is 0 Å². The fourth-order valence-corrected chi connectivity index (χ4v) is 15.2. The van der Waals surface area contributed by atoms with Crippen LogP contribution in [0.3, 0.4) is 0 Å². The molecule has 4 aromatic carbocycles. The van der Waals surface area contributed by atoms with Crippen molar-refractivity contribution in [3.8, 4) is 23.0 Å². The Morgan fingerprint density at radius 2 is 0.323 bits per heavy atom. The third-order valence-corrected chi connectivity index (χ3v) is 21.1. The van der Waals surface area contributed by atoms with Gasteiger partial charge in [-0.25, -0.2) is 0 Å². The highest BCUT2D eigenvalue weighted by Gasteiger charge is 2.24. The van der Waals surface area contributed by atoms with Gasteiger partial charge in [0.15, 0.2) is 0 Å². The molecule has 8 nitrogen and oxygen atoms in total. The number of hydrogen-bond acceptors (Lipinski definition) is 8. The molecule has 8 heteroatoms. The third-order valence-electron chi connectivity index (χ3n) is 21.1. The molecule has 0 spiro atoms. The number of unbranched alkanes of at least 4 members (excludes halogenated alkanes) is 32. The molecule has 0 heterocycles. The van der Waals surface area contributed by atoms with Gasteiger partial charge in [-0.3, -0.25) is 19.6 Å². The average molecular weight is 1330 g/mol. The zero-order valence-corrected chi connectivity index (χ0v) is 63.8. The molecule has 8 bridgehead atoms. The molecular formula is C88H148N4O4. The van der Waals surface area contributed by atoms with Crippen LogP contribution in [0.2, 0.25) is 0 Å². The molecule has 4 N–H and O–H groups in total. The summed E-state index contributed by atoms with van der Waals surface area (Å²) in [6.07, 6.45) is 51.2. The van der Waals surface area contributed by atoms with Crippen LogP contribution in [-0.2, 0) is 51.9 Å². The number of hydrogen-bond donors (Lipinski definition) is 4. The average Bonchev–Trinajstić information content (AvgIpc) is 0.791. The molecular weight excluding hydrogens is 1180 g/mol. The molecule has 0 fully saturated rings. The second-order valence-electron chi connectivity index (χ2n) is 30.2. The Morgan fingerprint density at radius 1 is 0.198 bits per heavy atom. The molecule has 544 valence electrons. The van der Waals surface area contributed by atoms with Gasteiger partial charge in [0, 0.05) is 51.9 Å². The molecule has 0 saturated carbocycles. The normalized spacial score (nSPS) is 12.6. The molecule has 0 unspecified atom stereocenters. The lowest BCUT2D eigenvalue weighted by Gasteiger charge is -2.26.